The molecule has 0 aliphatic heterocycles. The van der Waals surface area contributed by atoms with Crippen LogP contribution >= 0.6 is 0 Å². The Kier molecular flexibility index (Phi) is 3.06. The third kappa shape index (κ3) is 2.37. The number of hydrogen-bond acceptors (Lipinski definition) is 1. The highest BCUT2D eigenvalue weighted by Crippen LogP contribution is 2.47. The smallest absolute Gasteiger partial charge is 0.123 e. The van der Waals surface area contributed by atoms with Gasteiger partial charge in [0.1, 0.15) is 5.82 Å². The lowest BCUT2D eigenvalue weighted by molar-refractivity contribution is 0.623. The molecule has 0 bridgehead atoms. The fourth-order valence-corrected chi connectivity index (χ4v) is 2.24. The predicted molar refractivity (Wildman–Crippen MR) is 60.5 cm³/mol. The van der Waals surface area contributed by atoms with Crippen molar-refractivity contribution in [2.45, 2.75) is 26.2 Å². The van der Waals surface area contributed by atoms with Crippen molar-refractivity contribution in [3.63, 3.8) is 0 Å². The Bertz CT molecular complexity index is 348. The molecule has 1 aromatic carbocycles. The summed E-state index contributed by atoms with van der Waals surface area (Å²) in [7, 11) is 0. The van der Waals surface area contributed by atoms with Crippen LogP contribution in [-0.4, -0.2) is 13.1 Å². The van der Waals surface area contributed by atoms with Gasteiger partial charge in [0.2, 0.25) is 0 Å². The molecule has 0 radical (unpaired) electrons. The molecule has 1 saturated carbocycles. The van der Waals surface area contributed by atoms with Crippen molar-refractivity contribution >= 4 is 0 Å². The van der Waals surface area contributed by atoms with Crippen molar-refractivity contribution in [3.05, 3.63) is 35.1 Å². The highest BCUT2D eigenvalue weighted by Gasteiger charge is 2.38. The minimum absolute atomic E-state index is 0.125. The predicted octanol–water partition coefficient (Wildman–Crippen LogP) is 2.85. The van der Waals surface area contributed by atoms with E-state index in [0.717, 1.165) is 24.6 Å². The first-order chi connectivity index (χ1) is 7.22. The summed E-state index contributed by atoms with van der Waals surface area (Å²) in [5.41, 5.74) is 2.43. The first-order valence-electron chi connectivity index (χ1n) is 5.69. The maximum absolute atomic E-state index is 12.9. The molecule has 0 heterocycles. The molecule has 1 aliphatic carbocycles. The molecule has 1 aliphatic rings. The third-order valence-corrected chi connectivity index (χ3v) is 3.21. The fourth-order valence-electron chi connectivity index (χ4n) is 2.24. The molecule has 0 spiro atoms. The van der Waals surface area contributed by atoms with Crippen molar-refractivity contribution in [2.75, 3.05) is 13.1 Å². The van der Waals surface area contributed by atoms with Gasteiger partial charge in [0.05, 0.1) is 0 Å². The van der Waals surface area contributed by atoms with Crippen LogP contribution in [0.1, 0.15) is 30.4 Å². The van der Waals surface area contributed by atoms with Gasteiger partial charge in [-0.05, 0) is 61.5 Å². The van der Waals surface area contributed by atoms with Crippen LogP contribution in [0.4, 0.5) is 4.39 Å². The molecule has 82 valence electrons. The van der Waals surface area contributed by atoms with E-state index in [-0.39, 0.29) is 5.82 Å². The Hall–Kier alpha value is -0.890. The van der Waals surface area contributed by atoms with E-state index in [0.29, 0.717) is 5.92 Å². The Morgan fingerprint density at radius 1 is 1.47 bits per heavy atom. The maximum Gasteiger partial charge on any atom is 0.123 e. The molecular formula is C13H18FN. The van der Waals surface area contributed by atoms with Gasteiger partial charge >= 0.3 is 0 Å². The number of halogens is 1. The second-order valence-electron chi connectivity index (χ2n) is 4.41. The number of hydrogen-bond donors (Lipinski definition) is 1. The standard InChI is InChI=1S/C13H18FN/c1-3-15-8-10-7-13(10)12-5-4-11(14)6-9(12)2/h4-6,10,13,15H,3,7-8H2,1-2H3. The second-order valence-corrected chi connectivity index (χ2v) is 4.41. The van der Waals surface area contributed by atoms with Crippen LogP contribution < -0.4 is 5.32 Å². The number of benzene rings is 1. The van der Waals surface area contributed by atoms with Crippen LogP contribution in [0.3, 0.4) is 0 Å². The minimum Gasteiger partial charge on any atom is -0.317 e. The summed E-state index contributed by atoms with van der Waals surface area (Å²) in [6.45, 7) is 6.26. The van der Waals surface area contributed by atoms with E-state index in [9.17, 15) is 4.39 Å². The quantitative estimate of drug-likeness (QED) is 0.800. The lowest BCUT2D eigenvalue weighted by Gasteiger charge is -2.05. The summed E-state index contributed by atoms with van der Waals surface area (Å²) in [5.74, 6) is 1.29. The summed E-state index contributed by atoms with van der Waals surface area (Å²) in [6.07, 6.45) is 1.25. The van der Waals surface area contributed by atoms with Crippen molar-refractivity contribution in [2.24, 2.45) is 5.92 Å². The third-order valence-electron chi connectivity index (χ3n) is 3.21. The van der Waals surface area contributed by atoms with E-state index < -0.39 is 0 Å². The van der Waals surface area contributed by atoms with Crippen LogP contribution in [0.25, 0.3) is 0 Å². The molecule has 1 aromatic rings. The molecule has 2 heteroatoms. The van der Waals surface area contributed by atoms with E-state index in [1.165, 1.54) is 12.0 Å². The molecule has 0 saturated heterocycles. The molecule has 1 N–H and O–H groups in total. The zero-order valence-electron chi connectivity index (χ0n) is 9.39. The van der Waals surface area contributed by atoms with Crippen molar-refractivity contribution < 1.29 is 4.39 Å². The van der Waals surface area contributed by atoms with Crippen molar-refractivity contribution in [3.8, 4) is 0 Å². The topological polar surface area (TPSA) is 12.0 Å². The number of nitrogens with one attached hydrogen (secondary N) is 1. The first-order valence-corrected chi connectivity index (χ1v) is 5.69. The van der Waals surface area contributed by atoms with Gasteiger partial charge in [-0.25, -0.2) is 4.39 Å². The average Bonchev–Trinajstić information content (AvgIpc) is 2.94. The Morgan fingerprint density at radius 2 is 2.27 bits per heavy atom. The van der Waals surface area contributed by atoms with Gasteiger partial charge in [-0.15, -0.1) is 0 Å². The Labute approximate surface area is 90.7 Å². The molecule has 1 nitrogen and oxygen atoms in total. The fraction of sp³-hybridized carbons (Fsp3) is 0.538. The molecule has 2 rings (SSSR count). The monoisotopic (exact) mass is 207 g/mol. The van der Waals surface area contributed by atoms with Crippen LogP contribution in [0.15, 0.2) is 18.2 Å². The van der Waals surface area contributed by atoms with Gasteiger partial charge in [-0.3, -0.25) is 0 Å². The van der Waals surface area contributed by atoms with Gasteiger partial charge in [0.15, 0.2) is 0 Å². The Morgan fingerprint density at radius 3 is 2.93 bits per heavy atom. The van der Waals surface area contributed by atoms with E-state index in [1.54, 1.807) is 12.1 Å². The molecule has 15 heavy (non-hydrogen) atoms. The second kappa shape index (κ2) is 4.31. The summed E-state index contributed by atoms with van der Waals surface area (Å²) >= 11 is 0. The van der Waals surface area contributed by atoms with Gasteiger partial charge in [0.25, 0.3) is 0 Å². The molecule has 2 unspecified atom stereocenters. The van der Waals surface area contributed by atoms with Gasteiger partial charge < -0.3 is 5.32 Å². The first kappa shape index (κ1) is 10.6. The zero-order chi connectivity index (χ0) is 10.8. The molecular weight excluding hydrogens is 189 g/mol. The summed E-state index contributed by atoms with van der Waals surface area (Å²) in [6, 6.07) is 5.16. The van der Waals surface area contributed by atoms with E-state index in [2.05, 4.69) is 12.2 Å². The van der Waals surface area contributed by atoms with Crippen LogP contribution in [0.5, 0.6) is 0 Å². The molecule has 2 atom stereocenters. The largest absolute Gasteiger partial charge is 0.317 e. The van der Waals surface area contributed by atoms with Crippen LogP contribution in [-0.2, 0) is 0 Å². The van der Waals surface area contributed by atoms with Crippen molar-refractivity contribution in [1.29, 1.82) is 0 Å². The van der Waals surface area contributed by atoms with Crippen LogP contribution in [0.2, 0.25) is 0 Å². The average molecular weight is 207 g/mol. The highest BCUT2D eigenvalue weighted by atomic mass is 19.1. The number of rotatable bonds is 4. The summed E-state index contributed by atoms with van der Waals surface area (Å²) in [5, 5.41) is 3.37. The lowest BCUT2D eigenvalue weighted by atomic mass is 10.0. The zero-order valence-corrected chi connectivity index (χ0v) is 9.39. The van der Waals surface area contributed by atoms with Crippen LogP contribution in [0, 0.1) is 18.7 Å². The summed E-state index contributed by atoms with van der Waals surface area (Å²) in [4.78, 5) is 0. The molecule has 0 aromatic heterocycles. The summed E-state index contributed by atoms with van der Waals surface area (Å²) < 4.78 is 12.9. The van der Waals surface area contributed by atoms with E-state index in [1.807, 2.05) is 13.0 Å². The van der Waals surface area contributed by atoms with Gasteiger partial charge in [-0.2, -0.15) is 0 Å². The van der Waals surface area contributed by atoms with Gasteiger partial charge in [0, 0.05) is 0 Å². The van der Waals surface area contributed by atoms with E-state index in [4.69, 9.17) is 0 Å². The molecule has 0 amide bonds. The maximum atomic E-state index is 12.9. The SMILES string of the molecule is CCNCC1CC1c1ccc(F)cc1C. The normalized spacial score (nSPS) is 24.2. The van der Waals surface area contributed by atoms with E-state index >= 15 is 0 Å². The van der Waals surface area contributed by atoms with Crippen molar-refractivity contribution in [1.82, 2.24) is 5.32 Å². The Balaban J connectivity index is 2.00. The number of aryl methyl sites for hydroxylation is 1. The lowest BCUT2D eigenvalue weighted by Crippen LogP contribution is -2.16. The molecule has 1 fully saturated rings. The minimum atomic E-state index is -0.125. The highest BCUT2D eigenvalue weighted by molar-refractivity contribution is 5.34. The van der Waals surface area contributed by atoms with Gasteiger partial charge in [-0.1, -0.05) is 13.0 Å².